The third kappa shape index (κ3) is 4.12. The molecule has 2 heterocycles. The molecule has 2 aromatic rings. The number of hydrogen-bond donors (Lipinski definition) is 1. The van der Waals surface area contributed by atoms with Gasteiger partial charge in [0.15, 0.2) is 5.82 Å². The zero-order valence-corrected chi connectivity index (χ0v) is 14.9. The first-order chi connectivity index (χ1) is 10.7. The first-order valence-electron chi connectivity index (χ1n) is 8.21. The summed E-state index contributed by atoms with van der Waals surface area (Å²) in [7, 11) is 3.89. The van der Waals surface area contributed by atoms with Crippen LogP contribution in [0.25, 0.3) is 11.5 Å². The van der Waals surface area contributed by atoms with Crippen LogP contribution in [-0.4, -0.2) is 33.0 Å². The van der Waals surface area contributed by atoms with Gasteiger partial charge in [-0.2, -0.15) is 10.1 Å². The van der Waals surface area contributed by atoms with E-state index < -0.39 is 0 Å². The lowest BCUT2D eigenvalue weighted by molar-refractivity contribution is 0.413. The predicted molar refractivity (Wildman–Crippen MR) is 91.8 cm³/mol. The van der Waals surface area contributed by atoms with Gasteiger partial charge in [-0.25, -0.2) is 0 Å². The molecular weight excluding hydrogens is 314 g/mol. The molecule has 1 aliphatic rings. The van der Waals surface area contributed by atoms with E-state index in [0.29, 0.717) is 17.9 Å². The maximum absolute atomic E-state index is 5.50. The fourth-order valence-electron chi connectivity index (χ4n) is 3.17. The van der Waals surface area contributed by atoms with Crippen molar-refractivity contribution in [2.75, 3.05) is 7.05 Å². The van der Waals surface area contributed by atoms with Crippen LogP contribution in [0.1, 0.15) is 56.5 Å². The summed E-state index contributed by atoms with van der Waals surface area (Å²) in [5, 5.41) is 12.0. The van der Waals surface area contributed by atoms with Crippen LogP contribution >= 0.6 is 12.4 Å². The highest BCUT2D eigenvalue weighted by Gasteiger charge is 2.25. The second kappa shape index (κ2) is 7.93. The van der Waals surface area contributed by atoms with Crippen LogP contribution in [0.4, 0.5) is 0 Å². The summed E-state index contributed by atoms with van der Waals surface area (Å²) in [5.41, 5.74) is 2.13. The number of nitrogens with zero attached hydrogens (tertiary/aromatic N) is 4. The normalized spacial score (nSPS) is 17.0. The maximum atomic E-state index is 5.50. The second-order valence-corrected chi connectivity index (χ2v) is 6.35. The lowest BCUT2D eigenvalue weighted by Crippen LogP contribution is -2.24. The maximum Gasteiger partial charge on any atom is 0.261 e. The highest BCUT2D eigenvalue weighted by Crippen LogP contribution is 2.36. The number of rotatable bonds is 5. The quantitative estimate of drug-likeness (QED) is 0.906. The largest absolute Gasteiger partial charge is 0.334 e. The topological polar surface area (TPSA) is 68.8 Å². The molecule has 0 spiro atoms. The van der Waals surface area contributed by atoms with Gasteiger partial charge in [0.05, 0.1) is 11.3 Å². The van der Waals surface area contributed by atoms with Crippen molar-refractivity contribution in [1.29, 1.82) is 0 Å². The fourth-order valence-corrected chi connectivity index (χ4v) is 3.17. The molecular formula is C16H26ClN5O. The van der Waals surface area contributed by atoms with E-state index in [1.807, 2.05) is 25.0 Å². The standard InChI is InChI=1S/C16H25N5O.ClH/c1-11(17-2)9-14-18-16(22-20-14)13-10-21(3)19-15(13)12-7-5-4-6-8-12;/h10-12,17H,4-9H2,1-3H3;1H. The smallest absolute Gasteiger partial charge is 0.261 e. The summed E-state index contributed by atoms with van der Waals surface area (Å²) in [4.78, 5) is 4.57. The Morgan fingerprint density at radius 2 is 2.09 bits per heavy atom. The van der Waals surface area contributed by atoms with E-state index in [4.69, 9.17) is 4.52 Å². The van der Waals surface area contributed by atoms with Crippen molar-refractivity contribution in [3.05, 3.63) is 17.7 Å². The molecule has 0 bridgehead atoms. The molecule has 23 heavy (non-hydrogen) atoms. The van der Waals surface area contributed by atoms with Gasteiger partial charge in [-0.1, -0.05) is 24.4 Å². The summed E-state index contributed by atoms with van der Waals surface area (Å²) in [6, 6.07) is 0.331. The zero-order valence-electron chi connectivity index (χ0n) is 14.1. The Hall–Kier alpha value is -1.40. The molecule has 6 nitrogen and oxygen atoms in total. The minimum absolute atomic E-state index is 0. The molecule has 0 radical (unpaired) electrons. The van der Waals surface area contributed by atoms with Crippen molar-refractivity contribution < 1.29 is 4.52 Å². The Balaban J connectivity index is 0.00000192. The first-order valence-corrected chi connectivity index (χ1v) is 8.21. The van der Waals surface area contributed by atoms with Gasteiger partial charge in [0.25, 0.3) is 5.89 Å². The van der Waals surface area contributed by atoms with E-state index in [1.54, 1.807) is 0 Å². The molecule has 0 saturated heterocycles. The lowest BCUT2D eigenvalue weighted by atomic mass is 9.85. The minimum atomic E-state index is 0. The van der Waals surface area contributed by atoms with Crippen molar-refractivity contribution in [3.63, 3.8) is 0 Å². The van der Waals surface area contributed by atoms with E-state index in [0.717, 1.165) is 23.5 Å². The Bertz CT molecular complexity index is 618. The van der Waals surface area contributed by atoms with Gasteiger partial charge < -0.3 is 9.84 Å². The third-order valence-corrected chi connectivity index (χ3v) is 4.53. The third-order valence-electron chi connectivity index (χ3n) is 4.53. The molecule has 0 amide bonds. The number of halogens is 1. The zero-order chi connectivity index (χ0) is 15.5. The van der Waals surface area contributed by atoms with Crippen LogP contribution in [0.2, 0.25) is 0 Å². The van der Waals surface area contributed by atoms with Crippen molar-refractivity contribution >= 4 is 12.4 Å². The number of aromatic nitrogens is 4. The summed E-state index contributed by atoms with van der Waals surface area (Å²) in [5.74, 6) is 1.87. The summed E-state index contributed by atoms with van der Waals surface area (Å²) < 4.78 is 7.36. The second-order valence-electron chi connectivity index (χ2n) is 6.35. The summed E-state index contributed by atoms with van der Waals surface area (Å²) >= 11 is 0. The Morgan fingerprint density at radius 1 is 1.35 bits per heavy atom. The van der Waals surface area contributed by atoms with E-state index in [9.17, 15) is 0 Å². The van der Waals surface area contributed by atoms with Gasteiger partial charge in [0.2, 0.25) is 0 Å². The number of aryl methyl sites for hydroxylation is 1. The predicted octanol–water partition coefficient (Wildman–Crippen LogP) is 3.09. The van der Waals surface area contributed by atoms with Crippen LogP contribution in [0, 0.1) is 0 Å². The van der Waals surface area contributed by atoms with Crippen LogP contribution in [0.3, 0.4) is 0 Å². The van der Waals surface area contributed by atoms with Gasteiger partial charge >= 0.3 is 0 Å². The average Bonchev–Trinajstić information content (AvgIpc) is 3.14. The van der Waals surface area contributed by atoms with Crippen LogP contribution < -0.4 is 5.32 Å². The van der Waals surface area contributed by atoms with Crippen LogP contribution in [-0.2, 0) is 13.5 Å². The monoisotopic (exact) mass is 339 g/mol. The number of likely N-dealkylation sites (N-methyl/N-ethyl adjacent to an activating group) is 1. The van der Waals surface area contributed by atoms with Gasteiger partial charge in [0, 0.05) is 31.6 Å². The number of hydrogen-bond acceptors (Lipinski definition) is 5. The molecule has 0 aromatic carbocycles. The summed E-state index contributed by atoms with van der Waals surface area (Å²) in [6.07, 6.45) is 9.10. The Labute approximate surface area is 143 Å². The van der Waals surface area contributed by atoms with Gasteiger partial charge in [-0.15, -0.1) is 12.4 Å². The average molecular weight is 340 g/mol. The Morgan fingerprint density at radius 3 is 2.78 bits per heavy atom. The molecule has 0 aliphatic heterocycles. The van der Waals surface area contributed by atoms with Crippen molar-refractivity contribution in [2.45, 2.75) is 57.4 Å². The van der Waals surface area contributed by atoms with E-state index in [1.165, 1.54) is 32.1 Å². The molecule has 1 fully saturated rings. The molecule has 2 aromatic heterocycles. The van der Waals surface area contributed by atoms with Crippen molar-refractivity contribution in [2.24, 2.45) is 7.05 Å². The summed E-state index contributed by atoms with van der Waals surface area (Å²) in [6.45, 7) is 2.10. The molecule has 7 heteroatoms. The van der Waals surface area contributed by atoms with Crippen molar-refractivity contribution in [1.82, 2.24) is 25.2 Å². The minimum Gasteiger partial charge on any atom is -0.334 e. The first kappa shape index (κ1) is 17.9. The van der Waals surface area contributed by atoms with Crippen LogP contribution in [0.15, 0.2) is 10.7 Å². The molecule has 3 rings (SSSR count). The lowest BCUT2D eigenvalue weighted by Gasteiger charge is -2.20. The molecule has 1 saturated carbocycles. The molecule has 128 valence electrons. The molecule has 1 aliphatic carbocycles. The SMILES string of the molecule is CNC(C)Cc1noc(-c2cn(C)nc2C2CCCCC2)n1.Cl. The number of nitrogens with one attached hydrogen (secondary N) is 1. The molecule has 1 N–H and O–H groups in total. The fraction of sp³-hybridized carbons (Fsp3) is 0.688. The molecule has 1 unspecified atom stereocenters. The molecule has 1 atom stereocenters. The highest BCUT2D eigenvalue weighted by atomic mass is 35.5. The van der Waals surface area contributed by atoms with Crippen LogP contribution in [0.5, 0.6) is 0 Å². The van der Waals surface area contributed by atoms with E-state index in [-0.39, 0.29) is 12.4 Å². The van der Waals surface area contributed by atoms with Gasteiger partial charge in [-0.05, 0) is 26.8 Å². The van der Waals surface area contributed by atoms with E-state index >= 15 is 0 Å². The Kier molecular flexibility index (Phi) is 6.18. The van der Waals surface area contributed by atoms with Crippen molar-refractivity contribution in [3.8, 4) is 11.5 Å². The van der Waals surface area contributed by atoms with Gasteiger partial charge in [0.1, 0.15) is 0 Å². The van der Waals surface area contributed by atoms with Gasteiger partial charge in [-0.3, -0.25) is 4.68 Å². The van der Waals surface area contributed by atoms with E-state index in [2.05, 4.69) is 27.5 Å². The highest BCUT2D eigenvalue weighted by molar-refractivity contribution is 5.85.